The number of para-hydroxylation sites is 1. The van der Waals surface area contributed by atoms with Crippen LogP contribution in [-0.4, -0.2) is 63.8 Å². The lowest BCUT2D eigenvalue weighted by atomic mass is 9.74. The highest BCUT2D eigenvalue weighted by Gasteiger charge is 2.35. The van der Waals surface area contributed by atoms with E-state index in [1.165, 1.54) is 11.6 Å². The van der Waals surface area contributed by atoms with Crippen molar-refractivity contribution in [2.45, 2.75) is 18.3 Å². The van der Waals surface area contributed by atoms with E-state index in [2.05, 4.69) is 50.4 Å². The number of nitrogens with zero attached hydrogens (tertiary/aromatic N) is 3. The molecule has 5 nitrogen and oxygen atoms in total. The predicted octanol–water partition coefficient (Wildman–Crippen LogP) is 3.27. The van der Waals surface area contributed by atoms with E-state index in [0.717, 1.165) is 64.7 Å². The third kappa shape index (κ3) is 4.43. The maximum atomic E-state index is 14.1. The molecule has 160 valence electrons. The van der Waals surface area contributed by atoms with Crippen LogP contribution in [0.15, 0.2) is 59.6 Å². The molecule has 0 bridgehead atoms. The zero-order valence-corrected chi connectivity index (χ0v) is 17.7. The summed E-state index contributed by atoms with van der Waals surface area (Å²) in [5, 5.41) is 3.64. The van der Waals surface area contributed by atoms with Crippen molar-refractivity contribution in [1.29, 1.82) is 0 Å². The van der Waals surface area contributed by atoms with E-state index in [1.54, 1.807) is 6.07 Å². The van der Waals surface area contributed by atoms with Crippen molar-refractivity contribution >= 4 is 11.6 Å². The van der Waals surface area contributed by atoms with Crippen LogP contribution in [-0.2, 0) is 10.2 Å². The Kier molecular flexibility index (Phi) is 6.53. The van der Waals surface area contributed by atoms with Crippen molar-refractivity contribution in [3.05, 3.63) is 66.0 Å². The molecular formula is C24H31FN4O. The maximum absolute atomic E-state index is 14.1. The maximum Gasteiger partial charge on any atom is 0.193 e. The molecule has 4 rings (SSSR count). The summed E-state index contributed by atoms with van der Waals surface area (Å²) in [5.74, 6) is 0.766. The van der Waals surface area contributed by atoms with Gasteiger partial charge in [0, 0.05) is 58.4 Å². The molecule has 30 heavy (non-hydrogen) atoms. The van der Waals surface area contributed by atoms with E-state index in [0.29, 0.717) is 5.69 Å². The number of anilines is 1. The smallest absolute Gasteiger partial charge is 0.193 e. The monoisotopic (exact) mass is 410 g/mol. The van der Waals surface area contributed by atoms with Crippen LogP contribution < -0.4 is 10.2 Å². The number of hydrogen-bond donors (Lipinski definition) is 1. The fourth-order valence-electron chi connectivity index (χ4n) is 4.57. The lowest BCUT2D eigenvalue weighted by molar-refractivity contribution is 0.0511. The van der Waals surface area contributed by atoms with Crippen molar-refractivity contribution < 1.29 is 9.13 Å². The van der Waals surface area contributed by atoms with Gasteiger partial charge in [0.25, 0.3) is 0 Å². The molecule has 2 aliphatic rings. The topological polar surface area (TPSA) is 40.1 Å². The zero-order valence-electron chi connectivity index (χ0n) is 17.7. The first-order chi connectivity index (χ1) is 14.7. The van der Waals surface area contributed by atoms with Crippen LogP contribution in [0.2, 0.25) is 0 Å². The second kappa shape index (κ2) is 9.47. The Hall–Kier alpha value is -2.60. The van der Waals surface area contributed by atoms with Crippen LogP contribution in [0.5, 0.6) is 0 Å². The van der Waals surface area contributed by atoms with E-state index in [-0.39, 0.29) is 11.2 Å². The minimum absolute atomic E-state index is 0.0600. The third-order valence-electron chi connectivity index (χ3n) is 6.41. The van der Waals surface area contributed by atoms with Gasteiger partial charge < -0.3 is 19.9 Å². The van der Waals surface area contributed by atoms with Gasteiger partial charge in [0.15, 0.2) is 5.96 Å². The molecule has 0 amide bonds. The predicted molar refractivity (Wildman–Crippen MR) is 120 cm³/mol. The van der Waals surface area contributed by atoms with Gasteiger partial charge in [-0.25, -0.2) is 4.39 Å². The summed E-state index contributed by atoms with van der Waals surface area (Å²) in [5.41, 5.74) is 2.11. The van der Waals surface area contributed by atoms with Gasteiger partial charge in [-0.3, -0.25) is 4.99 Å². The molecular weight excluding hydrogens is 379 g/mol. The molecule has 2 aliphatic heterocycles. The van der Waals surface area contributed by atoms with Gasteiger partial charge in [-0.05, 0) is 30.5 Å². The molecule has 2 aromatic rings. The molecule has 0 unspecified atom stereocenters. The minimum Gasteiger partial charge on any atom is -0.381 e. The summed E-state index contributed by atoms with van der Waals surface area (Å²) in [6.07, 6.45) is 2.00. The number of ether oxygens (including phenoxy) is 1. The summed E-state index contributed by atoms with van der Waals surface area (Å²) in [6, 6.07) is 17.8. The van der Waals surface area contributed by atoms with E-state index < -0.39 is 0 Å². The number of nitrogens with one attached hydrogen (secondary N) is 1. The third-order valence-corrected chi connectivity index (χ3v) is 6.41. The van der Waals surface area contributed by atoms with E-state index in [9.17, 15) is 4.39 Å². The summed E-state index contributed by atoms with van der Waals surface area (Å²) in [4.78, 5) is 8.93. The molecule has 2 heterocycles. The first-order valence-corrected chi connectivity index (χ1v) is 10.8. The van der Waals surface area contributed by atoms with Crippen LogP contribution in [0, 0.1) is 5.82 Å². The molecule has 1 N–H and O–H groups in total. The second-order valence-corrected chi connectivity index (χ2v) is 8.09. The zero-order chi connectivity index (χ0) is 20.8. The first kappa shape index (κ1) is 20.7. The molecule has 0 radical (unpaired) electrons. The van der Waals surface area contributed by atoms with Gasteiger partial charge in [-0.15, -0.1) is 0 Å². The van der Waals surface area contributed by atoms with Crippen LogP contribution in [0.4, 0.5) is 10.1 Å². The number of aliphatic imine (C=N–C) groups is 1. The molecule has 0 atom stereocenters. The Labute approximate surface area is 178 Å². The van der Waals surface area contributed by atoms with Gasteiger partial charge in [-0.2, -0.15) is 0 Å². The summed E-state index contributed by atoms with van der Waals surface area (Å²) in [7, 11) is 1.84. The number of hydrogen-bond acceptors (Lipinski definition) is 3. The lowest BCUT2D eigenvalue weighted by Crippen LogP contribution is -2.55. The summed E-state index contributed by atoms with van der Waals surface area (Å²) >= 11 is 0. The number of piperazine rings is 1. The lowest BCUT2D eigenvalue weighted by Gasteiger charge is -2.41. The highest BCUT2D eigenvalue weighted by Crippen LogP contribution is 2.34. The Morgan fingerprint density at radius 3 is 2.33 bits per heavy atom. The SMILES string of the molecule is CN=C(NCC1(c2ccccc2)CCOCC1)N1CCN(c2ccccc2F)CC1. The fraction of sp³-hybridized carbons (Fsp3) is 0.458. The highest BCUT2D eigenvalue weighted by molar-refractivity contribution is 5.80. The number of benzene rings is 2. The van der Waals surface area contributed by atoms with Crippen molar-refractivity contribution in [3.63, 3.8) is 0 Å². The van der Waals surface area contributed by atoms with E-state index in [4.69, 9.17) is 4.74 Å². The average Bonchev–Trinajstić information content (AvgIpc) is 2.81. The van der Waals surface area contributed by atoms with Gasteiger partial charge in [0.05, 0.1) is 5.69 Å². The Morgan fingerprint density at radius 1 is 1.00 bits per heavy atom. The van der Waals surface area contributed by atoms with Crippen molar-refractivity contribution in [1.82, 2.24) is 10.2 Å². The molecule has 2 aromatic carbocycles. The van der Waals surface area contributed by atoms with Crippen LogP contribution in [0.3, 0.4) is 0 Å². The number of guanidine groups is 1. The van der Waals surface area contributed by atoms with Gasteiger partial charge in [0.1, 0.15) is 5.82 Å². The quantitative estimate of drug-likeness (QED) is 0.620. The van der Waals surface area contributed by atoms with Crippen LogP contribution >= 0.6 is 0 Å². The van der Waals surface area contributed by atoms with Crippen LogP contribution in [0.25, 0.3) is 0 Å². The van der Waals surface area contributed by atoms with Gasteiger partial charge in [-0.1, -0.05) is 42.5 Å². The Bertz CT molecular complexity index is 843. The molecule has 0 saturated carbocycles. The van der Waals surface area contributed by atoms with Crippen molar-refractivity contribution in [3.8, 4) is 0 Å². The largest absolute Gasteiger partial charge is 0.381 e. The second-order valence-electron chi connectivity index (χ2n) is 8.09. The molecule has 6 heteroatoms. The van der Waals surface area contributed by atoms with Gasteiger partial charge >= 0.3 is 0 Å². The normalized spacial score (nSPS) is 19.6. The Morgan fingerprint density at radius 2 is 1.67 bits per heavy atom. The van der Waals surface area contributed by atoms with Crippen LogP contribution in [0.1, 0.15) is 18.4 Å². The number of rotatable bonds is 4. The van der Waals surface area contributed by atoms with Gasteiger partial charge in [0.2, 0.25) is 0 Å². The molecule has 2 fully saturated rings. The fourth-order valence-corrected chi connectivity index (χ4v) is 4.57. The van der Waals surface area contributed by atoms with E-state index >= 15 is 0 Å². The molecule has 0 aliphatic carbocycles. The highest BCUT2D eigenvalue weighted by atomic mass is 19.1. The number of halogens is 1. The molecule has 0 aromatic heterocycles. The molecule has 0 spiro atoms. The van der Waals surface area contributed by atoms with Crippen molar-refractivity contribution in [2.24, 2.45) is 4.99 Å². The summed E-state index contributed by atoms with van der Waals surface area (Å²) < 4.78 is 19.8. The molecule has 2 saturated heterocycles. The summed E-state index contributed by atoms with van der Waals surface area (Å²) in [6.45, 7) is 5.59. The Balaban J connectivity index is 1.40. The van der Waals surface area contributed by atoms with E-state index in [1.807, 2.05) is 19.2 Å². The standard InChI is InChI=1S/C24H31FN4O/c1-26-23(29-15-13-28(14-16-29)22-10-6-5-9-21(22)25)27-19-24(11-17-30-18-12-24)20-7-3-2-4-8-20/h2-10H,11-19H2,1H3,(H,26,27). The first-order valence-electron chi connectivity index (χ1n) is 10.8. The van der Waals surface area contributed by atoms with Crippen molar-refractivity contribution in [2.75, 3.05) is 57.9 Å². The average molecular weight is 411 g/mol. The minimum atomic E-state index is -0.155.